The molecule has 0 saturated carbocycles. The van der Waals surface area contributed by atoms with E-state index in [9.17, 15) is 0 Å². The molecule has 0 unspecified atom stereocenters. The second-order valence-electron chi connectivity index (χ2n) is 5.23. The standard InChI is InChI=1S/C13H20ClN3/c1-9(2)11-12(14)15-8-16-13(11)17-6-4-10(3)5-7-17/h8-10H,4-7H2,1-3H3. The van der Waals surface area contributed by atoms with Crippen LogP contribution in [0.4, 0.5) is 5.82 Å². The Labute approximate surface area is 108 Å². The molecule has 0 radical (unpaired) electrons. The molecule has 1 fully saturated rings. The van der Waals surface area contributed by atoms with Crippen LogP contribution in [0.15, 0.2) is 6.33 Å². The first-order valence-electron chi connectivity index (χ1n) is 6.35. The van der Waals surface area contributed by atoms with Gasteiger partial charge in [0, 0.05) is 18.7 Å². The maximum Gasteiger partial charge on any atom is 0.138 e. The monoisotopic (exact) mass is 253 g/mol. The van der Waals surface area contributed by atoms with Gasteiger partial charge >= 0.3 is 0 Å². The fraction of sp³-hybridized carbons (Fsp3) is 0.692. The van der Waals surface area contributed by atoms with E-state index in [1.807, 2.05) is 0 Å². The van der Waals surface area contributed by atoms with Crippen LogP contribution in [0.1, 0.15) is 45.1 Å². The van der Waals surface area contributed by atoms with Gasteiger partial charge in [0.15, 0.2) is 0 Å². The van der Waals surface area contributed by atoms with Crippen molar-refractivity contribution in [2.24, 2.45) is 5.92 Å². The highest BCUT2D eigenvalue weighted by Crippen LogP contribution is 2.32. The lowest BCUT2D eigenvalue weighted by molar-refractivity contribution is 0.435. The van der Waals surface area contributed by atoms with Crippen molar-refractivity contribution < 1.29 is 0 Å². The Hall–Kier alpha value is -0.830. The Bertz CT molecular complexity index is 384. The minimum atomic E-state index is 0.359. The molecule has 1 aliphatic rings. The molecule has 1 aromatic rings. The third kappa shape index (κ3) is 2.71. The normalized spacial score (nSPS) is 17.8. The zero-order valence-electron chi connectivity index (χ0n) is 10.8. The van der Waals surface area contributed by atoms with Crippen molar-refractivity contribution in [3.63, 3.8) is 0 Å². The number of rotatable bonds is 2. The maximum atomic E-state index is 6.19. The topological polar surface area (TPSA) is 29.0 Å². The van der Waals surface area contributed by atoms with Crippen molar-refractivity contribution >= 4 is 17.4 Å². The lowest BCUT2D eigenvalue weighted by atomic mass is 9.98. The van der Waals surface area contributed by atoms with Gasteiger partial charge < -0.3 is 4.90 Å². The second-order valence-corrected chi connectivity index (χ2v) is 5.58. The van der Waals surface area contributed by atoms with Crippen LogP contribution < -0.4 is 4.90 Å². The molecule has 17 heavy (non-hydrogen) atoms. The summed E-state index contributed by atoms with van der Waals surface area (Å²) >= 11 is 6.19. The van der Waals surface area contributed by atoms with Crippen molar-refractivity contribution in [2.75, 3.05) is 18.0 Å². The average molecular weight is 254 g/mol. The van der Waals surface area contributed by atoms with Gasteiger partial charge in [-0.1, -0.05) is 32.4 Å². The molecule has 2 rings (SSSR count). The molecular weight excluding hydrogens is 234 g/mol. The molecule has 0 amide bonds. The molecule has 2 heterocycles. The van der Waals surface area contributed by atoms with E-state index in [-0.39, 0.29) is 0 Å². The van der Waals surface area contributed by atoms with Gasteiger partial charge in [-0.3, -0.25) is 0 Å². The minimum absolute atomic E-state index is 0.359. The molecule has 1 saturated heterocycles. The Morgan fingerprint density at radius 3 is 2.53 bits per heavy atom. The van der Waals surface area contributed by atoms with E-state index in [1.54, 1.807) is 6.33 Å². The predicted octanol–water partition coefficient (Wildman–Crippen LogP) is 3.49. The second kappa shape index (κ2) is 5.21. The van der Waals surface area contributed by atoms with E-state index in [0.29, 0.717) is 11.1 Å². The fourth-order valence-corrected chi connectivity index (χ4v) is 2.68. The number of halogens is 1. The molecule has 0 bridgehead atoms. The highest BCUT2D eigenvalue weighted by atomic mass is 35.5. The van der Waals surface area contributed by atoms with Gasteiger partial charge in [0.2, 0.25) is 0 Å². The Balaban J connectivity index is 2.28. The van der Waals surface area contributed by atoms with Gasteiger partial charge in [0.25, 0.3) is 0 Å². The van der Waals surface area contributed by atoms with E-state index in [1.165, 1.54) is 12.8 Å². The number of piperidine rings is 1. The van der Waals surface area contributed by atoms with Gasteiger partial charge in [-0.25, -0.2) is 9.97 Å². The first-order valence-corrected chi connectivity index (χ1v) is 6.72. The van der Waals surface area contributed by atoms with Crippen LogP contribution >= 0.6 is 11.6 Å². The molecule has 94 valence electrons. The number of hydrogen-bond acceptors (Lipinski definition) is 3. The van der Waals surface area contributed by atoms with Gasteiger partial charge in [0.05, 0.1) is 0 Å². The quantitative estimate of drug-likeness (QED) is 0.756. The molecule has 4 heteroatoms. The summed E-state index contributed by atoms with van der Waals surface area (Å²) < 4.78 is 0. The summed E-state index contributed by atoms with van der Waals surface area (Å²) in [5.74, 6) is 2.22. The van der Waals surface area contributed by atoms with Crippen LogP contribution in [0.25, 0.3) is 0 Å². The van der Waals surface area contributed by atoms with E-state index < -0.39 is 0 Å². The van der Waals surface area contributed by atoms with Gasteiger partial charge in [0.1, 0.15) is 17.3 Å². The van der Waals surface area contributed by atoms with E-state index in [2.05, 4.69) is 35.6 Å². The summed E-state index contributed by atoms with van der Waals surface area (Å²) in [6, 6.07) is 0. The largest absolute Gasteiger partial charge is 0.356 e. The molecule has 3 nitrogen and oxygen atoms in total. The molecule has 1 aliphatic heterocycles. The Kier molecular flexibility index (Phi) is 3.87. The predicted molar refractivity (Wildman–Crippen MR) is 71.7 cm³/mol. The lowest BCUT2D eigenvalue weighted by Gasteiger charge is -2.33. The summed E-state index contributed by atoms with van der Waals surface area (Å²) in [5, 5.41) is 0.601. The van der Waals surface area contributed by atoms with Crippen LogP contribution in [-0.2, 0) is 0 Å². The van der Waals surface area contributed by atoms with Crippen molar-refractivity contribution in [2.45, 2.75) is 39.5 Å². The van der Waals surface area contributed by atoms with Crippen LogP contribution in [0.5, 0.6) is 0 Å². The van der Waals surface area contributed by atoms with Crippen molar-refractivity contribution in [3.8, 4) is 0 Å². The summed E-state index contributed by atoms with van der Waals surface area (Å²) in [7, 11) is 0. The summed E-state index contributed by atoms with van der Waals surface area (Å²) in [4.78, 5) is 10.9. The van der Waals surface area contributed by atoms with E-state index in [0.717, 1.165) is 30.4 Å². The molecule has 0 atom stereocenters. The van der Waals surface area contributed by atoms with Crippen LogP contribution in [0.3, 0.4) is 0 Å². The molecule has 1 aromatic heterocycles. The Morgan fingerprint density at radius 1 is 1.29 bits per heavy atom. The highest BCUT2D eigenvalue weighted by molar-refractivity contribution is 6.30. The third-order valence-electron chi connectivity index (χ3n) is 3.47. The molecule has 0 spiro atoms. The van der Waals surface area contributed by atoms with Gasteiger partial charge in [-0.05, 0) is 24.7 Å². The zero-order chi connectivity index (χ0) is 12.4. The van der Waals surface area contributed by atoms with E-state index >= 15 is 0 Å². The maximum absolute atomic E-state index is 6.19. The zero-order valence-corrected chi connectivity index (χ0v) is 11.5. The Morgan fingerprint density at radius 2 is 1.94 bits per heavy atom. The molecule has 0 aliphatic carbocycles. The van der Waals surface area contributed by atoms with Gasteiger partial charge in [-0.2, -0.15) is 0 Å². The van der Waals surface area contributed by atoms with Crippen LogP contribution in [0.2, 0.25) is 5.15 Å². The van der Waals surface area contributed by atoms with Crippen molar-refractivity contribution in [1.82, 2.24) is 9.97 Å². The number of aromatic nitrogens is 2. The van der Waals surface area contributed by atoms with Crippen molar-refractivity contribution in [3.05, 3.63) is 17.0 Å². The summed E-state index contributed by atoms with van der Waals surface area (Å²) in [6.45, 7) is 8.75. The number of hydrogen-bond donors (Lipinski definition) is 0. The number of nitrogens with zero attached hydrogens (tertiary/aromatic N) is 3. The third-order valence-corrected chi connectivity index (χ3v) is 3.78. The van der Waals surface area contributed by atoms with E-state index in [4.69, 9.17) is 11.6 Å². The lowest BCUT2D eigenvalue weighted by Crippen LogP contribution is -2.34. The summed E-state index contributed by atoms with van der Waals surface area (Å²) in [5.41, 5.74) is 1.09. The SMILES string of the molecule is CC1CCN(c2ncnc(Cl)c2C(C)C)CC1. The first-order chi connectivity index (χ1) is 8.09. The molecular formula is C13H20ClN3. The molecule has 0 N–H and O–H groups in total. The molecule has 0 aromatic carbocycles. The highest BCUT2D eigenvalue weighted by Gasteiger charge is 2.22. The van der Waals surface area contributed by atoms with Crippen molar-refractivity contribution in [1.29, 1.82) is 0 Å². The average Bonchev–Trinajstić information content (AvgIpc) is 2.29. The number of anilines is 1. The first kappa shape index (κ1) is 12.6. The van der Waals surface area contributed by atoms with Gasteiger partial charge in [-0.15, -0.1) is 0 Å². The fourth-order valence-electron chi connectivity index (χ4n) is 2.33. The summed E-state index contributed by atoms with van der Waals surface area (Å²) in [6.07, 6.45) is 4.04. The minimum Gasteiger partial charge on any atom is -0.356 e. The van der Waals surface area contributed by atoms with Crippen LogP contribution in [0, 0.1) is 5.92 Å². The van der Waals surface area contributed by atoms with Crippen LogP contribution in [-0.4, -0.2) is 23.1 Å². The smallest absolute Gasteiger partial charge is 0.138 e.